The normalized spacial score (nSPS) is 11.5. The average Bonchev–Trinajstić information content (AvgIpc) is 2.69. The number of benzene rings is 2. The number of hydrogen-bond donors (Lipinski definition) is 4. The fraction of sp³-hybridized carbons (Fsp3) is 0.0952. The first kappa shape index (κ1) is 19.0. The Hall–Kier alpha value is -3.74. The molecule has 1 atom stereocenters. The Morgan fingerprint density at radius 3 is 2.46 bits per heavy atom. The molecule has 2 amide bonds. The van der Waals surface area contributed by atoms with Crippen LogP contribution in [0.15, 0.2) is 66.9 Å². The number of rotatable bonds is 5. The molecule has 3 aromatic rings. The van der Waals surface area contributed by atoms with Gasteiger partial charge in [0.25, 0.3) is 0 Å². The highest BCUT2D eigenvalue weighted by atomic mass is 19.1. The standard InChI is InChI=1S/C21H20FN5O/c1-13(14-5-3-2-4-6-14)26-21(28)27-19-11-18(23)17(12-25-19)20(24)15-7-9-16(22)10-8-15/h2-13,24H,1H3,(H4,23,25,26,27,28)/t13-/m1/s1. The van der Waals surface area contributed by atoms with E-state index in [0.29, 0.717) is 11.1 Å². The van der Waals surface area contributed by atoms with Crippen LogP contribution in [0.2, 0.25) is 0 Å². The zero-order valence-corrected chi connectivity index (χ0v) is 15.2. The number of carbonyl (C=O) groups is 1. The zero-order chi connectivity index (χ0) is 20.1. The SMILES string of the molecule is C[C@@H](NC(=O)Nc1cc(N)c(C(=N)c2ccc(F)cc2)cn1)c1ccccc1. The zero-order valence-electron chi connectivity index (χ0n) is 15.2. The molecule has 142 valence electrons. The number of nitrogen functional groups attached to an aromatic ring is 1. The topological polar surface area (TPSA) is 104 Å². The minimum absolute atomic E-state index is 0.124. The van der Waals surface area contributed by atoms with Gasteiger partial charge in [-0.25, -0.2) is 14.2 Å². The number of nitrogens with zero attached hydrogens (tertiary/aromatic N) is 1. The van der Waals surface area contributed by atoms with Crippen LogP contribution in [0.5, 0.6) is 0 Å². The summed E-state index contributed by atoms with van der Waals surface area (Å²) in [5.41, 5.74) is 8.34. The van der Waals surface area contributed by atoms with E-state index < -0.39 is 6.03 Å². The molecule has 7 heteroatoms. The summed E-state index contributed by atoms with van der Waals surface area (Å²) in [5.74, 6) is -0.108. The van der Waals surface area contributed by atoms with Crippen molar-refractivity contribution in [3.63, 3.8) is 0 Å². The highest BCUT2D eigenvalue weighted by Gasteiger charge is 2.13. The summed E-state index contributed by atoms with van der Waals surface area (Å²) < 4.78 is 13.1. The molecule has 0 radical (unpaired) electrons. The van der Waals surface area contributed by atoms with Crippen LogP contribution in [-0.2, 0) is 0 Å². The Morgan fingerprint density at radius 2 is 1.82 bits per heavy atom. The van der Waals surface area contributed by atoms with Crippen molar-refractivity contribution in [3.05, 3.63) is 89.4 Å². The highest BCUT2D eigenvalue weighted by molar-refractivity contribution is 6.13. The first-order valence-electron chi connectivity index (χ1n) is 8.67. The summed E-state index contributed by atoms with van der Waals surface area (Å²) >= 11 is 0. The molecule has 2 aromatic carbocycles. The van der Waals surface area contributed by atoms with Crippen LogP contribution in [0.25, 0.3) is 0 Å². The van der Waals surface area contributed by atoms with E-state index in [1.54, 1.807) is 0 Å². The Morgan fingerprint density at radius 1 is 1.14 bits per heavy atom. The maximum absolute atomic E-state index is 13.1. The number of amides is 2. The van der Waals surface area contributed by atoms with Gasteiger partial charge in [-0.1, -0.05) is 30.3 Å². The molecule has 0 unspecified atom stereocenters. The molecule has 0 saturated carbocycles. The van der Waals surface area contributed by atoms with Gasteiger partial charge >= 0.3 is 6.03 Å². The summed E-state index contributed by atoms with van der Waals surface area (Å²) in [6.07, 6.45) is 1.41. The average molecular weight is 377 g/mol. The van der Waals surface area contributed by atoms with Crippen molar-refractivity contribution in [1.29, 1.82) is 5.41 Å². The molecule has 6 nitrogen and oxygen atoms in total. The molecule has 0 saturated heterocycles. The predicted octanol–water partition coefficient (Wildman–Crippen LogP) is 4.10. The van der Waals surface area contributed by atoms with Gasteiger partial charge in [0, 0.05) is 29.1 Å². The minimum Gasteiger partial charge on any atom is -0.398 e. The summed E-state index contributed by atoms with van der Waals surface area (Å²) in [5, 5.41) is 13.7. The molecule has 1 heterocycles. The smallest absolute Gasteiger partial charge is 0.320 e. The van der Waals surface area contributed by atoms with Crippen molar-refractivity contribution >= 4 is 23.2 Å². The predicted molar refractivity (Wildman–Crippen MR) is 108 cm³/mol. The second kappa shape index (κ2) is 8.30. The highest BCUT2D eigenvalue weighted by Crippen LogP contribution is 2.19. The maximum Gasteiger partial charge on any atom is 0.320 e. The molecule has 1 aromatic heterocycles. The second-order valence-electron chi connectivity index (χ2n) is 6.27. The molecule has 0 aliphatic heterocycles. The number of hydrogen-bond acceptors (Lipinski definition) is 4. The molecule has 0 fully saturated rings. The van der Waals surface area contributed by atoms with Crippen LogP contribution in [0.1, 0.15) is 29.7 Å². The quantitative estimate of drug-likeness (QED) is 0.503. The van der Waals surface area contributed by atoms with Gasteiger partial charge in [-0.15, -0.1) is 0 Å². The lowest BCUT2D eigenvalue weighted by molar-refractivity contribution is 0.249. The summed E-state index contributed by atoms with van der Waals surface area (Å²) in [6.45, 7) is 1.88. The lowest BCUT2D eigenvalue weighted by Crippen LogP contribution is -2.31. The molecular weight excluding hydrogens is 357 g/mol. The van der Waals surface area contributed by atoms with Crippen LogP contribution < -0.4 is 16.4 Å². The van der Waals surface area contributed by atoms with Gasteiger partial charge in [0.1, 0.15) is 11.6 Å². The monoisotopic (exact) mass is 377 g/mol. The van der Waals surface area contributed by atoms with E-state index in [0.717, 1.165) is 5.56 Å². The molecule has 0 bridgehead atoms. The molecule has 3 rings (SSSR count). The van der Waals surface area contributed by atoms with Gasteiger partial charge in [0.15, 0.2) is 0 Å². The Kier molecular flexibility index (Phi) is 5.64. The van der Waals surface area contributed by atoms with Crippen LogP contribution >= 0.6 is 0 Å². The minimum atomic E-state index is -0.412. The van der Waals surface area contributed by atoms with Crippen molar-refractivity contribution in [2.45, 2.75) is 13.0 Å². The van der Waals surface area contributed by atoms with Gasteiger partial charge in [-0.05, 0) is 36.8 Å². The maximum atomic E-state index is 13.1. The molecule has 0 aliphatic rings. The van der Waals surface area contributed by atoms with E-state index >= 15 is 0 Å². The van der Waals surface area contributed by atoms with E-state index in [1.165, 1.54) is 36.5 Å². The summed E-state index contributed by atoms with van der Waals surface area (Å²) in [4.78, 5) is 16.4. The number of halogens is 1. The van der Waals surface area contributed by atoms with Gasteiger partial charge in [-0.2, -0.15) is 0 Å². The fourth-order valence-corrected chi connectivity index (χ4v) is 2.69. The number of pyridine rings is 1. The van der Waals surface area contributed by atoms with Crippen molar-refractivity contribution < 1.29 is 9.18 Å². The number of anilines is 2. The largest absolute Gasteiger partial charge is 0.398 e. The number of aromatic nitrogens is 1. The number of carbonyl (C=O) groups excluding carboxylic acids is 1. The van der Waals surface area contributed by atoms with Crippen molar-refractivity contribution in [3.8, 4) is 0 Å². The number of urea groups is 1. The number of nitrogens with two attached hydrogens (primary N) is 1. The van der Waals surface area contributed by atoms with E-state index in [-0.39, 0.29) is 29.1 Å². The van der Waals surface area contributed by atoms with Crippen LogP contribution in [0.3, 0.4) is 0 Å². The van der Waals surface area contributed by atoms with E-state index in [2.05, 4.69) is 15.6 Å². The van der Waals surface area contributed by atoms with Crippen molar-refractivity contribution in [1.82, 2.24) is 10.3 Å². The Labute approximate surface area is 162 Å². The van der Waals surface area contributed by atoms with Gasteiger partial charge < -0.3 is 11.1 Å². The van der Waals surface area contributed by atoms with Crippen LogP contribution in [0, 0.1) is 11.2 Å². The molecule has 0 spiro atoms. The van der Waals surface area contributed by atoms with Crippen molar-refractivity contribution in [2.75, 3.05) is 11.1 Å². The van der Waals surface area contributed by atoms with E-state index in [9.17, 15) is 9.18 Å². The van der Waals surface area contributed by atoms with Gasteiger partial charge in [-0.3, -0.25) is 10.7 Å². The third-order valence-electron chi connectivity index (χ3n) is 4.23. The summed E-state index contributed by atoms with van der Waals surface area (Å²) in [7, 11) is 0. The fourth-order valence-electron chi connectivity index (χ4n) is 2.69. The third-order valence-corrected chi connectivity index (χ3v) is 4.23. The lowest BCUT2D eigenvalue weighted by atomic mass is 10.0. The number of nitrogens with one attached hydrogen (secondary N) is 3. The van der Waals surface area contributed by atoms with E-state index in [4.69, 9.17) is 11.1 Å². The third kappa shape index (κ3) is 4.50. The Bertz CT molecular complexity index is 989. The molecular formula is C21H20FN5O. The first-order chi connectivity index (χ1) is 13.4. The Balaban J connectivity index is 1.67. The van der Waals surface area contributed by atoms with Gasteiger partial charge in [0.2, 0.25) is 0 Å². The molecule has 5 N–H and O–H groups in total. The first-order valence-corrected chi connectivity index (χ1v) is 8.67. The second-order valence-corrected chi connectivity index (χ2v) is 6.27. The van der Waals surface area contributed by atoms with Crippen LogP contribution in [-0.4, -0.2) is 16.7 Å². The van der Waals surface area contributed by atoms with E-state index in [1.807, 2.05) is 37.3 Å². The summed E-state index contributed by atoms with van der Waals surface area (Å²) in [6, 6.07) is 16.0. The van der Waals surface area contributed by atoms with Crippen LogP contribution in [0.4, 0.5) is 20.7 Å². The molecule has 28 heavy (non-hydrogen) atoms. The molecule has 0 aliphatic carbocycles. The lowest BCUT2D eigenvalue weighted by Gasteiger charge is -2.15. The van der Waals surface area contributed by atoms with Crippen molar-refractivity contribution in [2.24, 2.45) is 0 Å². The van der Waals surface area contributed by atoms with Gasteiger partial charge in [0.05, 0.1) is 11.8 Å².